The molecule has 0 spiro atoms. The predicted octanol–water partition coefficient (Wildman–Crippen LogP) is 6.38. The monoisotopic (exact) mass is 438 g/mol. The highest BCUT2D eigenvalue weighted by atomic mass is 16.2. The smallest absolute Gasteiger partial charge is 0.323 e. The van der Waals surface area contributed by atoms with Crippen molar-refractivity contribution >= 4 is 34.9 Å². The summed E-state index contributed by atoms with van der Waals surface area (Å²) in [6.45, 7) is 8.49. The Bertz CT molecular complexity index is 1260. The van der Waals surface area contributed by atoms with Crippen LogP contribution >= 0.6 is 0 Å². The van der Waals surface area contributed by atoms with Crippen molar-refractivity contribution in [1.29, 1.82) is 0 Å². The largest absolute Gasteiger partial charge is 0.384 e. The Hall–Kier alpha value is -3.86. The quantitative estimate of drug-likeness (QED) is 0.444. The minimum absolute atomic E-state index is 0.00760. The Balaban J connectivity index is 1.56. The normalized spacial score (nSPS) is 14.4. The number of nitrogen functional groups attached to an aromatic ring is 1. The minimum Gasteiger partial charge on any atom is -0.384 e. The zero-order valence-corrected chi connectivity index (χ0v) is 19.6. The number of urea groups is 1. The Kier molecular flexibility index (Phi) is 6.05. The molecule has 1 aliphatic carbocycles. The van der Waals surface area contributed by atoms with E-state index in [2.05, 4.69) is 66.7 Å². The molecule has 1 aliphatic rings. The van der Waals surface area contributed by atoms with Crippen molar-refractivity contribution < 1.29 is 4.79 Å². The number of anilines is 2. The molecule has 1 aromatic heterocycles. The number of hydrogen-bond acceptors (Lipinski definition) is 3. The average molecular weight is 439 g/mol. The highest BCUT2D eigenvalue weighted by Crippen LogP contribution is 2.34. The maximum atomic E-state index is 12.9. The zero-order valence-electron chi connectivity index (χ0n) is 19.6. The van der Waals surface area contributed by atoms with Gasteiger partial charge >= 0.3 is 6.03 Å². The van der Waals surface area contributed by atoms with Crippen LogP contribution in [-0.2, 0) is 5.41 Å². The van der Waals surface area contributed by atoms with Gasteiger partial charge in [-0.25, -0.2) is 9.78 Å². The molecule has 0 fully saturated rings. The number of benzene rings is 2. The number of amides is 2. The molecule has 1 heterocycles. The number of hydrogen-bond donors (Lipinski definition) is 3. The number of carbonyl (C=O) groups is 1. The first-order chi connectivity index (χ1) is 15.7. The van der Waals surface area contributed by atoms with Crippen molar-refractivity contribution in [1.82, 2.24) is 10.3 Å². The second kappa shape index (κ2) is 8.94. The van der Waals surface area contributed by atoms with Crippen LogP contribution in [0.2, 0.25) is 0 Å². The molecule has 4 N–H and O–H groups in total. The third kappa shape index (κ3) is 5.14. The van der Waals surface area contributed by atoms with Crippen LogP contribution in [0.4, 0.5) is 16.3 Å². The Labute approximate surface area is 195 Å². The number of allylic oxidation sites excluding steroid dienone is 2. The average Bonchev–Trinajstić information content (AvgIpc) is 2.76. The molecule has 0 unspecified atom stereocenters. The molecule has 5 heteroatoms. The lowest BCUT2D eigenvalue weighted by Crippen LogP contribution is -2.29. The molecule has 0 radical (unpaired) electrons. The number of carbonyl (C=O) groups excluding carboxylic acids is 1. The summed E-state index contributed by atoms with van der Waals surface area (Å²) in [5, 5.41) is 6.09. The van der Waals surface area contributed by atoms with Gasteiger partial charge in [0.25, 0.3) is 0 Å². The molecule has 0 saturated carbocycles. The third-order valence-electron chi connectivity index (χ3n) is 5.84. The van der Waals surface area contributed by atoms with E-state index in [1.165, 1.54) is 5.56 Å². The molecule has 0 aliphatic heterocycles. The zero-order chi connectivity index (χ0) is 23.6. The van der Waals surface area contributed by atoms with E-state index >= 15 is 0 Å². The molecule has 4 rings (SSSR count). The van der Waals surface area contributed by atoms with Crippen molar-refractivity contribution in [2.24, 2.45) is 0 Å². The number of nitrogens with one attached hydrogen (secondary N) is 2. The first-order valence-corrected chi connectivity index (χ1v) is 11.1. The molecule has 5 nitrogen and oxygen atoms in total. The van der Waals surface area contributed by atoms with E-state index in [1.54, 1.807) is 6.20 Å². The van der Waals surface area contributed by atoms with E-state index in [0.29, 0.717) is 12.2 Å². The van der Waals surface area contributed by atoms with Crippen molar-refractivity contribution in [3.8, 4) is 0 Å². The van der Waals surface area contributed by atoms with Gasteiger partial charge in [0, 0.05) is 23.1 Å². The number of fused-ring (bicyclic) bond motifs is 1. The van der Waals surface area contributed by atoms with Gasteiger partial charge in [0.1, 0.15) is 5.82 Å². The van der Waals surface area contributed by atoms with E-state index in [1.807, 2.05) is 43.3 Å². The molecule has 2 aromatic carbocycles. The Morgan fingerprint density at radius 2 is 1.79 bits per heavy atom. The molecule has 3 aromatic rings. The van der Waals surface area contributed by atoms with Crippen LogP contribution in [-0.4, -0.2) is 11.0 Å². The molecule has 33 heavy (non-hydrogen) atoms. The Morgan fingerprint density at radius 3 is 2.52 bits per heavy atom. The fourth-order valence-corrected chi connectivity index (χ4v) is 3.94. The highest BCUT2D eigenvalue weighted by Gasteiger charge is 2.19. The number of nitrogens with two attached hydrogens (primary N) is 1. The molecule has 0 atom stereocenters. The predicted molar refractivity (Wildman–Crippen MR) is 138 cm³/mol. The van der Waals surface area contributed by atoms with Crippen molar-refractivity contribution in [3.63, 3.8) is 0 Å². The summed E-state index contributed by atoms with van der Waals surface area (Å²) >= 11 is 0. The molecule has 168 valence electrons. The van der Waals surface area contributed by atoms with Gasteiger partial charge in [-0.3, -0.25) is 0 Å². The third-order valence-corrected chi connectivity index (χ3v) is 5.84. The number of nitrogens with zero attached hydrogens (tertiary/aromatic N) is 1. The summed E-state index contributed by atoms with van der Waals surface area (Å²) in [6.07, 6.45) is 6.58. The highest BCUT2D eigenvalue weighted by molar-refractivity contribution is 5.99. The maximum Gasteiger partial charge on any atom is 0.323 e. The summed E-state index contributed by atoms with van der Waals surface area (Å²) < 4.78 is 0. The van der Waals surface area contributed by atoms with Crippen LogP contribution in [0, 0.1) is 6.92 Å². The first-order valence-electron chi connectivity index (χ1n) is 11.1. The standard InChI is InChI=1S/C28H30N4O/c1-18-9-11-21(28(2,3)4)17-25(18)32-27(33)31-24-12-10-20(22-7-5-6-8-23(22)24)15-19-13-14-30-26(29)16-19/h5-9,11-17H,10H2,1-4H3,(H2,29,30)(H2,31,32,33). The topological polar surface area (TPSA) is 80.0 Å². The summed E-state index contributed by atoms with van der Waals surface area (Å²) in [6, 6.07) is 17.9. The van der Waals surface area contributed by atoms with E-state index in [0.717, 1.165) is 39.2 Å². The van der Waals surface area contributed by atoms with Crippen LogP contribution in [0.3, 0.4) is 0 Å². The van der Waals surface area contributed by atoms with Crippen LogP contribution in [0.1, 0.15) is 55.0 Å². The number of aromatic nitrogens is 1. The molecule has 2 amide bonds. The lowest BCUT2D eigenvalue weighted by Gasteiger charge is -2.23. The van der Waals surface area contributed by atoms with Gasteiger partial charge in [0.05, 0.1) is 0 Å². The summed E-state index contributed by atoms with van der Waals surface area (Å²) in [7, 11) is 0. The van der Waals surface area contributed by atoms with Crippen molar-refractivity contribution in [2.75, 3.05) is 11.1 Å². The fraction of sp³-hybridized carbons (Fsp3) is 0.214. The fourth-order valence-electron chi connectivity index (χ4n) is 3.94. The molecule has 0 bridgehead atoms. The van der Waals surface area contributed by atoms with Crippen LogP contribution in [0.15, 0.2) is 66.9 Å². The SMILES string of the molecule is Cc1ccc(C(C)(C)C)cc1NC(=O)NC1=CCC(=Cc2ccnc(N)c2)c2ccccc21. The number of rotatable bonds is 3. The van der Waals surface area contributed by atoms with Crippen molar-refractivity contribution in [3.05, 3.63) is 94.7 Å². The van der Waals surface area contributed by atoms with Crippen LogP contribution in [0.5, 0.6) is 0 Å². The van der Waals surface area contributed by atoms with E-state index in [9.17, 15) is 4.79 Å². The van der Waals surface area contributed by atoms with Gasteiger partial charge in [-0.15, -0.1) is 0 Å². The summed E-state index contributed by atoms with van der Waals surface area (Å²) in [5.74, 6) is 0.494. The van der Waals surface area contributed by atoms with Crippen LogP contribution in [0.25, 0.3) is 17.3 Å². The van der Waals surface area contributed by atoms with E-state index < -0.39 is 0 Å². The summed E-state index contributed by atoms with van der Waals surface area (Å²) in [4.78, 5) is 17.0. The molecular formula is C28H30N4O. The number of aryl methyl sites for hydroxylation is 1. The molecular weight excluding hydrogens is 408 g/mol. The lowest BCUT2D eigenvalue weighted by atomic mass is 9.86. The molecule has 0 saturated heterocycles. The first kappa shape index (κ1) is 22.3. The van der Waals surface area contributed by atoms with Crippen LogP contribution < -0.4 is 16.4 Å². The van der Waals surface area contributed by atoms with Gasteiger partial charge in [0.15, 0.2) is 0 Å². The second-order valence-electron chi connectivity index (χ2n) is 9.41. The minimum atomic E-state index is -0.250. The van der Waals surface area contributed by atoms with Gasteiger partial charge in [-0.1, -0.05) is 69.3 Å². The van der Waals surface area contributed by atoms with Gasteiger partial charge < -0.3 is 16.4 Å². The van der Waals surface area contributed by atoms with Crippen molar-refractivity contribution in [2.45, 2.75) is 39.5 Å². The van der Waals surface area contributed by atoms with Gasteiger partial charge in [-0.2, -0.15) is 0 Å². The Morgan fingerprint density at radius 1 is 1.03 bits per heavy atom. The lowest BCUT2D eigenvalue weighted by molar-refractivity contribution is 0.255. The summed E-state index contributed by atoms with van der Waals surface area (Å²) in [5.41, 5.74) is 13.9. The number of pyridine rings is 1. The van der Waals surface area contributed by atoms with E-state index in [4.69, 9.17) is 5.73 Å². The second-order valence-corrected chi connectivity index (χ2v) is 9.41. The van der Waals surface area contributed by atoms with Gasteiger partial charge in [-0.05, 0) is 64.8 Å². The van der Waals surface area contributed by atoms with Gasteiger partial charge in [0.2, 0.25) is 0 Å². The van der Waals surface area contributed by atoms with E-state index in [-0.39, 0.29) is 11.4 Å². The maximum absolute atomic E-state index is 12.9.